The summed E-state index contributed by atoms with van der Waals surface area (Å²) in [7, 11) is 0. The number of aliphatic hydroxyl groups excluding tert-OH is 1. The van der Waals surface area contributed by atoms with E-state index in [9.17, 15) is 32.3 Å². The highest BCUT2D eigenvalue weighted by molar-refractivity contribution is 6.23. The monoisotopic (exact) mass is 469 g/mol. The van der Waals surface area contributed by atoms with E-state index >= 15 is 0 Å². The van der Waals surface area contributed by atoms with Gasteiger partial charge in [-0.1, -0.05) is 18.6 Å². The topological polar surface area (TPSA) is 104 Å². The molecule has 11 heteroatoms. The minimum absolute atomic E-state index is 0.100. The van der Waals surface area contributed by atoms with Crippen LogP contribution in [0.1, 0.15) is 36.3 Å². The molecule has 1 aromatic heterocycles. The number of rotatable bonds is 6. The average molecular weight is 469 g/mol. The van der Waals surface area contributed by atoms with E-state index in [0.717, 1.165) is 18.9 Å². The van der Waals surface area contributed by atoms with E-state index < -0.39 is 52.6 Å². The number of carbonyl (C=O) groups is 2. The molecule has 2 aromatic rings. The van der Waals surface area contributed by atoms with Crippen molar-refractivity contribution in [1.82, 2.24) is 10.6 Å². The number of hydrogen-bond acceptors (Lipinski definition) is 5. The maximum Gasteiger partial charge on any atom is 0.451 e. The molecule has 0 aliphatic carbocycles. The van der Waals surface area contributed by atoms with Gasteiger partial charge in [-0.25, -0.2) is 4.39 Å². The lowest BCUT2D eigenvalue weighted by Crippen LogP contribution is -2.40. The molecule has 0 unspecified atom stereocenters. The number of alkyl halides is 3. The molecular formula is C22H23F4N3O4. The van der Waals surface area contributed by atoms with Crippen LogP contribution in [0.2, 0.25) is 0 Å². The SMILES string of the molecule is Cc1cc(NC(=O)/C(C(=O)NCc2cccc(F)c2)=C(\O)[C@H]2CCCCN2)c(C(F)(F)F)o1. The maximum atomic E-state index is 13.4. The van der Waals surface area contributed by atoms with Crippen molar-refractivity contribution in [3.63, 3.8) is 0 Å². The van der Waals surface area contributed by atoms with Crippen molar-refractivity contribution >= 4 is 17.5 Å². The Kier molecular flexibility index (Phi) is 7.42. The van der Waals surface area contributed by atoms with Crippen LogP contribution in [0.4, 0.5) is 23.2 Å². The molecule has 3 rings (SSSR count). The van der Waals surface area contributed by atoms with Crippen LogP contribution in [-0.2, 0) is 22.3 Å². The first-order valence-corrected chi connectivity index (χ1v) is 10.2. The lowest BCUT2D eigenvalue weighted by atomic mass is 9.99. The molecule has 0 radical (unpaired) electrons. The number of piperidine rings is 1. The Bertz CT molecular complexity index is 1060. The zero-order chi connectivity index (χ0) is 24.2. The molecule has 0 spiro atoms. The Labute approximate surface area is 186 Å². The fourth-order valence-corrected chi connectivity index (χ4v) is 3.52. The highest BCUT2D eigenvalue weighted by Gasteiger charge is 2.39. The van der Waals surface area contributed by atoms with Gasteiger partial charge in [-0.15, -0.1) is 0 Å². The number of aryl methyl sites for hydroxylation is 1. The van der Waals surface area contributed by atoms with Gasteiger partial charge in [0.15, 0.2) is 0 Å². The lowest BCUT2D eigenvalue weighted by molar-refractivity contribution is -0.152. The second-order valence-corrected chi connectivity index (χ2v) is 7.63. The molecule has 1 atom stereocenters. The second kappa shape index (κ2) is 10.1. The Balaban J connectivity index is 1.88. The van der Waals surface area contributed by atoms with Gasteiger partial charge in [0, 0.05) is 12.6 Å². The fraction of sp³-hybridized carbons (Fsp3) is 0.364. The van der Waals surface area contributed by atoms with E-state index in [-0.39, 0.29) is 12.3 Å². The summed E-state index contributed by atoms with van der Waals surface area (Å²) in [5.41, 5.74) is -1.02. The van der Waals surface area contributed by atoms with Crippen LogP contribution >= 0.6 is 0 Å². The molecule has 1 fully saturated rings. The molecule has 178 valence electrons. The van der Waals surface area contributed by atoms with Crippen molar-refractivity contribution in [1.29, 1.82) is 0 Å². The van der Waals surface area contributed by atoms with Crippen molar-refractivity contribution in [2.45, 2.75) is 44.9 Å². The number of furan rings is 1. The van der Waals surface area contributed by atoms with Crippen molar-refractivity contribution < 1.29 is 36.7 Å². The van der Waals surface area contributed by atoms with Crippen LogP contribution in [0.5, 0.6) is 0 Å². The third kappa shape index (κ3) is 6.13. The number of aliphatic hydroxyl groups is 1. The molecule has 0 saturated carbocycles. The van der Waals surface area contributed by atoms with Gasteiger partial charge in [-0.2, -0.15) is 13.2 Å². The zero-order valence-electron chi connectivity index (χ0n) is 17.7. The van der Waals surface area contributed by atoms with Crippen molar-refractivity contribution in [3.8, 4) is 0 Å². The quantitative estimate of drug-likeness (QED) is 0.169. The normalized spacial score (nSPS) is 17.3. The smallest absolute Gasteiger partial charge is 0.451 e. The van der Waals surface area contributed by atoms with Gasteiger partial charge < -0.3 is 25.5 Å². The van der Waals surface area contributed by atoms with Gasteiger partial charge in [0.2, 0.25) is 5.76 Å². The fourth-order valence-electron chi connectivity index (χ4n) is 3.52. The number of halogens is 4. The van der Waals surface area contributed by atoms with E-state index in [2.05, 4.69) is 15.1 Å². The van der Waals surface area contributed by atoms with Crippen LogP contribution in [0.15, 0.2) is 46.1 Å². The van der Waals surface area contributed by atoms with E-state index in [4.69, 9.17) is 0 Å². The molecule has 1 saturated heterocycles. The summed E-state index contributed by atoms with van der Waals surface area (Å²) in [6, 6.07) is 5.63. The Hall–Kier alpha value is -3.34. The molecular weight excluding hydrogens is 446 g/mol. The Morgan fingerprint density at radius 3 is 2.61 bits per heavy atom. The molecule has 33 heavy (non-hydrogen) atoms. The van der Waals surface area contributed by atoms with Crippen LogP contribution in [-0.4, -0.2) is 29.5 Å². The number of hydrogen-bond donors (Lipinski definition) is 4. The third-order valence-corrected chi connectivity index (χ3v) is 5.05. The Morgan fingerprint density at radius 2 is 1.97 bits per heavy atom. The first kappa shape index (κ1) is 24.3. The highest BCUT2D eigenvalue weighted by atomic mass is 19.4. The summed E-state index contributed by atoms with van der Waals surface area (Å²) >= 11 is 0. The minimum atomic E-state index is -4.88. The van der Waals surface area contributed by atoms with E-state index in [1.165, 1.54) is 25.1 Å². The standard InChI is InChI=1S/C22H23F4N3O4/c1-12-9-16(19(33-12)22(24,25)26)29-21(32)17(18(30)15-7-2-3-8-27-15)20(31)28-11-13-5-4-6-14(23)10-13/h4-6,9-10,15,27,30H,2-3,7-8,11H2,1H3,(H,28,31)(H,29,32)/b18-17-/t15-/m1/s1. The van der Waals surface area contributed by atoms with Gasteiger partial charge in [-0.05, 0) is 44.0 Å². The summed E-state index contributed by atoms with van der Waals surface area (Å²) < 4.78 is 57.7. The molecule has 1 aliphatic heterocycles. The first-order chi connectivity index (χ1) is 15.6. The van der Waals surface area contributed by atoms with Gasteiger partial charge in [0.05, 0.1) is 11.7 Å². The van der Waals surface area contributed by atoms with Gasteiger partial charge in [-0.3, -0.25) is 9.59 Å². The summed E-state index contributed by atoms with van der Waals surface area (Å²) in [5, 5.41) is 18.1. The predicted octanol–water partition coefficient (Wildman–Crippen LogP) is 3.96. The summed E-state index contributed by atoms with van der Waals surface area (Å²) in [6.45, 7) is 1.64. The number of benzene rings is 1. The Morgan fingerprint density at radius 1 is 1.21 bits per heavy atom. The summed E-state index contributed by atoms with van der Waals surface area (Å²) in [6.07, 6.45) is -2.90. The average Bonchev–Trinajstić information content (AvgIpc) is 3.13. The van der Waals surface area contributed by atoms with Crippen molar-refractivity contribution in [3.05, 3.63) is 64.6 Å². The van der Waals surface area contributed by atoms with Crippen LogP contribution in [0, 0.1) is 12.7 Å². The molecule has 2 amide bonds. The van der Waals surface area contributed by atoms with Gasteiger partial charge >= 0.3 is 6.18 Å². The van der Waals surface area contributed by atoms with E-state index in [1.54, 1.807) is 6.07 Å². The van der Waals surface area contributed by atoms with Gasteiger partial charge in [0.25, 0.3) is 11.8 Å². The molecule has 4 N–H and O–H groups in total. The van der Waals surface area contributed by atoms with E-state index in [0.29, 0.717) is 18.5 Å². The van der Waals surface area contributed by atoms with Crippen LogP contribution < -0.4 is 16.0 Å². The molecule has 2 heterocycles. The number of carbonyl (C=O) groups excluding carboxylic acids is 2. The molecule has 7 nitrogen and oxygen atoms in total. The maximum absolute atomic E-state index is 13.4. The van der Waals surface area contributed by atoms with E-state index in [1.807, 2.05) is 5.32 Å². The number of amides is 2. The van der Waals surface area contributed by atoms with Crippen molar-refractivity contribution in [2.24, 2.45) is 0 Å². The lowest BCUT2D eigenvalue weighted by Gasteiger charge is -2.24. The van der Waals surface area contributed by atoms with Crippen molar-refractivity contribution in [2.75, 3.05) is 11.9 Å². The summed E-state index contributed by atoms with van der Waals surface area (Å²) in [4.78, 5) is 25.8. The molecule has 1 aliphatic rings. The second-order valence-electron chi connectivity index (χ2n) is 7.63. The largest absolute Gasteiger partial charge is 0.510 e. The minimum Gasteiger partial charge on any atom is -0.510 e. The number of nitrogens with one attached hydrogen (secondary N) is 3. The zero-order valence-corrected chi connectivity index (χ0v) is 17.7. The third-order valence-electron chi connectivity index (χ3n) is 5.05. The van der Waals surface area contributed by atoms with Gasteiger partial charge in [0.1, 0.15) is 22.9 Å². The first-order valence-electron chi connectivity index (χ1n) is 10.2. The van der Waals surface area contributed by atoms with Crippen LogP contribution in [0.25, 0.3) is 0 Å². The summed E-state index contributed by atoms with van der Waals surface area (Å²) in [5.74, 6) is -4.89. The highest BCUT2D eigenvalue weighted by Crippen LogP contribution is 2.37. The predicted molar refractivity (Wildman–Crippen MR) is 111 cm³/mol. The molecule has 1 aromatic carbocycles. The van der Waals surface area contributed by atoms with Crippen LogP contribution in [0.3, 0.4) is 0 Å². The number of anilines is 1. The molecule has 0 bridgehead atoms.